The van der Waals surface area contributed by atoms with Gasteiger partial charge in [0.15, 0.2) is 0 Å². The zero-order chi connectivity index (χ0) is 17.1. The molecule has 5 heteroatoms. The summed E-state index contributed by atoms with van der Waals surface area (Å²) < 4.78 is 2.08. The molecule has 0 amide bonds. The van der Waals surface area contributed by atoms with Gasteiger partial charge in [-0.3, -0.25) is 4.90 Å². The molecule has 5 nitrogen and oxygen atoms in total. The number of fused-ring (bicyclic) bond motifs is 2. The van der Waals surface area contributed by atoms with Gasteiger partial charge < -0.3 is 10.6 Å². The predicted octanol–water partition coefficient (Wildman–Crippen LogP) is 2.35. The molecule has 0 radical (unpaired) electrons. The summed E-state index contributed by atoms with van der Waals surface area (Å²) >= 11 is 0. The van der Waals surface area contributed by atoms with Gasteiger partial charge in [0.2, 0.25) is 0 Å². The molecular weight excluding hydrogens is 310 g/mol. The zero-order valence-corrected chi connectivity index (χ0v) is 15.1. The van der Waals surface area contributed by atoms with Crippen LogP contribution in [0.15, 0.2) is 36.5 Å². The lowest BCUT2D eigenvalue weighted by Crippen LogP contribution is -2.46. The van der Waals surface area contributed by atoms with Gasteiger partial charge in [0.25, 0.3) is 0 Å². The molecule has 2 aliphatic heterocycles. The number of nitrogens with one attached hydrogen (secondary N) is 2. The largest absolute Gasteiger partial charge is 0.370 e. The summed E-state index contributed by atoms with van der Waals surface area (Å²) in [6.45, 7) is 8.75. The summed E-state index contributed by atoms with van der Waals surface area (Å²) in [6.07, 6.45) is 4.25. The third-order valence-corrected chi connectivity index (χ3v) is 5.68. The van der Waals surface area contributed by atoms with Gasteiger partial charge >= 0.3 is 0 Å². The van der Waals surface area contributed by atoms with Crippen molar-refractivity contribution >= 4 is 5.82 Å². The van der Waals surface area contributed by atoms with E-state index in [1.165, 1.54) is 30.5 Å². The normalized spacial score (nSPS) is 21.2. The lowest BCUT2D eigenvalue weighted by Gasteiger charge is -2.36. The monoisotopic (exact) mass is 339 g/mol. The van der Waals surface area contributed by atoms with Crippen LogP contribution in [-0.4, -0.2) is 46.9 Å². The van der Waals surface area contributed by atoms with Crippen molar-refractivity contribution in [1.29, 1.82) is 0 Å². The average Bonchev–Trinajstić information content (AvgIpc) is 3.13. The Kier molecular flexibility index (Phi) is 5.04. The minimum Gasteiger partial charge on any atom is -0.370 e. The fourth-order valence-electron chi connectivity index (χ4n) is 4.14. The van der Waals surface area contributed by atoms with E-state index >= 15 is 0 Å². The quantitative estimate of drug-likeness (QED) is 0.848. The first-order valence-electron chi connectivity index (χ1n) is 9.60. The summed E-state index contributed by atoms with van der Waals surface area (Å²) in [5, 5.41) is 11.6. The van der Waals surface area contributed by atoms with E-state index in [0.717, 1.165) is 38.5 Å². The van der Waals surface area contributed by atoms with Crippen molar-refractivity contribution in [1.82, 2.24) is 20.0 Å². The van der Waals surface area contributed by atoms with Crippen LogP contribution in [-0.2, 0) is 19.5 Å². The van der Waals surface area contributed by atoms with Gasteiger partial charge in [0.1, 0.15) is 5.82 Å². The van der Waals surface area contributed by atoms with Crippen molar-refractivity contribution < 1.29 is 0 Å². The van der Waals surface area contributed by atoms with Crippen LogP contribution in [0.3, 0.4) is 0 Å². The Hall–Kier alpha value is -1.85. The number of hydrogen-bond acceptors (Lipinski definition) is 4. The Morgan fingerprint density at radius 1 is 1.28 bits per heavy atom. The van der Waals surface area contributed by atoms with Crippen LogP contribution in [0.4, 0.5) is 5.82 Å². The molecule has 25 heavy (non-hydrogen) atoms. The first-order valence-corrected chi connectivity index (χ1v) is 9.60. The molecule has 134 valence electrons. The lowest BCUT2D eigenvalue weighted by atomic mass is 9.98. The highest BCUT2D eigenvalue weighted by Crippen LogP contribution is 2.21. The third kappa shape index (κ3) is 3.72. The summed E-state index contributed by atoms with van der Waals surface area (Å²) in [4.78, 5) is 2.65. The van der Waals surface area contributed by atoms with Crippen LogP contribution >= 0.6 is 0 Å². The van der Waals surface area contributed by atoms with E-state index < -0.39 is 0 Å². The van der Waals surface area contributed by atoms with Crippen molar-refractivity contribution in [3.05, 3.63) is 47.7 Å². The first-order chi connectivity index (χ1) is 12.3. The summed E-state index contributed by atoms with van der Waals surface area (Å²) in [6, 6.07) is 11.6. The third-order valence-electron chi connectivity index (χ3n) is 5.68. The van der Waals surface area contributed by atoms with E-state index in [-0.39, 0.29) is 0 Å². The second-order valence-corrected chi connectivity index (χ2v) is 7.35. The Balaban J connectivity index is 1.27. The average molecular weight is 339 g/mol. The second-order valence-electron chi connectivity index (χ2n) is 7.35. The maximum atomic E-state index is 4.38. The molecule has 3 heterocycles. The maximum absolute atomic E-state index is 4.38. The maximum Gasteiger partial charge on any atom is 0.124 e. The Morgan fingerprint density at radius 3 is 3.04 bits per heavy atom. The van der Waals surface area contributed by atoms with E-state index in [1.807, 2.05) is 12.3 Å². The van der Waals surface area contributed by atoms with Crippen LogP contribution in [0.2, 0.25) is 0 Å². The van der Waals surface area contributed by atoms with E-state index in [0.29, 0.717) is 12.0 Å². The van der Waals surface area contributed by atoms with Gasteiger partial charge in [-0.15, -0.1) is 0 Å². The van der Waals surface area contributed by atoms with Crippen LogP contribution in [0, 0.1) is 5.92 Å². The minimum atomic E-state index is 0.604. The van der Waals surface area contributed by atoms with Crippen LogP contribution in [0.5, 0.6) is 0 Å². The van der Waals surface area contributed by atoms with Crippen LogP contribution in [0.25, 0.3) is 0 Å². The SMILES string of the molecule is CC[C@H](CNC[C@@H]1CNc2ccnn2C1)N1CCc2ccccc2C1. The van der Waals surface area contributed by atoms with Crippen molar-refractivity contribution in [3.63, 3.8) is 0 Å². The summed E-state index contributed by atoms with van der Waals surface area (Å²) in [7, 11) is 0. The fraction of sp³-hybridized carbons (Fsp3) is 0.550. The Morgan fingerprint density at radius 2 is 2.16 bits per heavy atom. The molecule has 0 spiro atoms. The molecule has 2 atom stereocenters. The number of hydrogen-bond donors (Lipinski definition) is 2. The van der Waals surface area contributed by atoms with Crippen LogP contribution in [0.1, 0.15) is 24.5 Å². The van der Waals surface area contributed by atoms with E-state index in [4.69, 9.17) is 0 Å². The molecule has 0 saturated heterocycles. The molecule has 2 N–H and O–H groups in total. The van der Waals surface area contributed by atoms with Gasteiger partial charge in [0, 0.05) is 57.3 Å². The molecule has 1 aromatic carbocycles. The molecule has 0 saturated carbocycles. The summed E-state index contributed by atoms with van der Waals surface area (Å²) in [5.74, 6) is 1.75. The molecule has 0 unspecified atom stereocenters. The van der Waals surface area contributed by atoms with Gasteiger partial charge in [-0.05, 0) is 24.0 Å². The van der Waals surface area contributed by atoms with E-state index in [2.05, 4.69) is 56.5 Å². The fourth-order valence-corrected chi connectivity index (χ4v) is 4.14. The predicted molar refractivity (Wildman–Crippen MR) is 102 cm³/mol. The molecule has 4 rings (SSSR count). The topological polar surface area (TPSA) is 45.1 Å². The first kappa shape index (κ1) is 16.6. The molecule has 1 aromatic heterocycles. The molecule has 0 fully saturated rings. The highest BCUT2D eigenvalue weighted by Gasteiger charge is 2.23. The van der Waals surface area contributed by atoms with Crippen molar-refractivity contribution in [2.75, 3.05) is 31.5 Å². The Labute approximate surface area is 150 Å². The highest BCUT2D eigenvalue weighted by atomic mass is 15.3. The number of aromatic nitrogens is 2. The van der Waals surface area contributed by atoms with Crippen LogP contribution < -0.4 is 10.6 Å². The number of anilines is 1. The van der Waals surface area contributed by atoms with Crippen molar-refractivity contribution in [2.45, 2.75) is 38.9 Å². The molecule has 0 bridgehead atoms. The number of rotatable bonds is 6. The van der Waals surface area contributed by atoms with E-state index in [1.54, 1.807) is 0 Å². The van der Waals surface area contributed by atoms with Gasteiger partial charge in [-0.2, -0.15) is 5.10 Å². The lowest BCUT2D eigenvalue weighted by molar-refractivity contribution is 0.168. The molecule has 0 aliphatic carbocycles. The zero-order valence-electron chi connectivity index (χ0n) is 15.1. The van der Waals surface area contributed by atoms with E-state index in [9.17, 15) is 0 Å². The highest BCUT2D eigenvalue weighted by molar-refractivity contribution is 5.35. The van der Waals surface area contributed by atoms with Gasteiger partial charge in [0.05, 0.1) is 6.20 Å². The van der Waals surface area contributed by atoms with Gasteiger partial charge in [-0.25, -0.2) is 4.68 Å². The number of nitrogens with zero attached hydrogens (tertiary/aromatic N) is 3. The molecule has 2 aromatic rings. The summed E-state index contributed by atoms with van der Waals surface area (Å²) in [5.41, 5.74) is 3.04. The standard InChI is InChI=1S/C20H29N5/c1-2-19(24-10-8-17-5-3-4-6-18(17)15-24)13-21-11-16-12-22-20-7-9-23-25(20)14-16/h3-7,9,16,19,21-22H,2,8,10-15H2,1H3/t16-,19-/m1/s1. The Bertz CT molecular complexity index is 695. The van der Waals surface area contributed by atoms with Crippen molar-refractivity contribution in [3.8, 4) is 0 Å². The number of benzene rings is 1. The van der Waals surface area contributed by atoms with Crippen molar-refractivity contribution in [2.24, 2.45) is 5.92 Å². The smallest absolute Gasteiger partial charge is 0.124 e. The molecule has 2 aliphatic rings. The minimum absolute atomic E-state index is 0.604. The second kappa shape index (κ2) is 7.58. The van der Waals surface area contributed by atoms with Gasteiger partial charge in [-0.1, -0.05) is 31.2 Å². The molecular formula is C20H29N5.